The van der Waals surface area contributed by atoms with Crippen LogP contribution >= 0.6 is 11.3 Å². The minimum Gasteiger partial charge on any atom is -0.310 e. The van der Waals surface area contributed by atoms with E-state index in [0.717, 1.165) is 0 Å². The summed E-state index contributed by atoms with van der Waals surface area (Å²) in [6.45, 7) is 5.02. The predicted octanol–water partition coefficient (Wildman–Crippen LogP) is 7.76. The minimum atomic E-state index is -0.0896. The topological polar surface area (TPSA) is 8.17 Å². The van der Waals surface area contributed by atoms with Crippen molar-refractivity contribution in [3.8, 4) is 16.1 Å². The van der Waals surface area contributed by atoms with Crippen molar-refractivity contribution < 1.29 is 0 Å². The smallest absolute Gasteiger partial charge is 0.264 e. The van der Waals surface area contributed by atoms with Gasteiger partial charge in [-0.05, 0) is 52.4 Å². The van der Waals surface area contributed by atoms with Gasteiger partial charge in [-0.15, -0.1) is 11.3 Å². The number of rotatable bonds is 1. The van der Waals surface area contributed by atoms with Crippen LogP contribution in [0.2, 0.25) is 0 Å². The lowest BCUT2D eigenvalue weighted by atomic mass is 9.36. The second kappa shape index (κ2) is 7.40. The highest BCUT2D eigenvalue weighted by molar-refractivity contribution is 7.31. The van der Waals surface area contributed by atoms with Gasteiger partial charge in [0, 0.05) is 48.5 Å². The normalized spacial score (nSPS) is 15.2. The average molecular weight is 541 g/mol. The van der Waals surface area contributed by atoms with E-state index >= 15 is 0 Å². The van der Waals surface area contributed by atoms with Crippen molar-refractivity contribution in [2.24, 2.45) is 0 Å². The molecule has 5 aromatic carbocycles. The number of aromatic nitrogens is 1. The molecule has 0 amide bonds. The third-order valence-electron chi connectivity index (χ3n) is 9.75. The lowest BCUT2D eigenvalue weighted by molar-refractivity contribution is 0.662. The quantitative estimate of drug-likeness (QED) is 0.193. The Bertz CT molecular complexity index is 2250. The zero-order valence-corrected chi connectivity index (χ0v) is 23.7. The van der Waals surface area contributed by atoms with Gasteiger partial charge in [0.2, 0.25) is 0 Å². The monoisotopic (exact) mass is 540 g/mol. The van der Waals surface area contributed by atoms with Gasteiger partial charge >= 0.3 is 0 Å². The number of nitrogens with zero attached hydrogens (tertiary/aromatic N) is 2. The zero-order chi connectivity index (χ0) is 27.0. The van der Waals surface area contributed by atoms with Crippen LogP contribution in [-0.2, 0) is 5.41 Å². The summed E-state index contributed by atoms with van der Waals surface area (Å²) in [6, 6.07) is 42.8. The van der Waals surface area contributed by atoms with Crippen LogP contribution in [0.4, 0.5) is 17.1 Å². The van der Waals surface area contributed by atoms with Crippen LogP contribution in [-0.4, -0.2) is 11.3 Å². The standard InChI is InChI=1S/C37H25BN2S/c1-37(2)26-16-8-6-15-25(26)35-31(37)34-36(41-35)38-27-17-9-11-19-29(27)40-28-18-10-7-14-23(28)24-20-21-30(32(38)33(24)40)39(34)22-12-4-3-5-13-22/h3-21H,1-2H3. The Balaban J connectivity index is 1.42. The molecule has 41 heavy (non-hydrogen) atoms. The summed E-state index contributed by atoms with van der Waals surface area (Å²) in [4.78, 5) is 4.02. The molecule has 2 nitrogen and oxygen atoms in total. The molecule has 7 aromatic rings. The molecule has 2 aromatic heterocycles. The van der Waals surface area contributed by atoms with Crippen LogP contribution in [0.25, 0.3) is 37.9 Å². The van der Waals surface area contributed by atoms with Crippen LogP contribution in [0.3, 0.4) is 0 Å². The summed E-state index contributed by atoms with van der Waals surface area (Å²) in [5, 5.41) is 2.66. The van der Waals surface area contributed by atoms with Crippen molar-refractivity contribution in [3.63, 3.8) is 0 Å². The third-order valence-corrected chi connectivity index (χ3v) is 11.0. The molecule has 2 aliphatic heterocycles. The van der Waals surface area contributed by atoms with Crippen molar-refractivity contribution in [2.75, 3.05) is 4.90 Å². The molecular weight excluding hydrogens is 515 g/mol. The minimum absolute atomic E-state index is 0.0896. The number of fused-ring (bicyclic) bond motifs is 12. The second-order valence-corrected chi connectivity index (χ2v) is 13.2. The van der Waals surface area contributed by atoms with Crippen molar-refractivity contribution in [1.29, 1.82) is 0 Å². The summed E-state index contributed by atoms with van der Waals surface area (Å²) in [7, 11) is 0. The summed E-state index contributed by atoms with van der Waals surface area (Å²) in [5.41, 5.74) is 14.9. The first kappa shape index (κ1) is 22.2. The first-order valence-corrected chi connectivity index (χ1v) is 15.2. The summed E-state index contributed by atoms with van der Waals surface area (Å²) >= 11 is 2.02. The molecule has 3 aliphatic rings. The van der Waals surface area contributed by atoms with Crippen LogP contribution in [0.1, 0.15) is 25.0 Å². The molecule has 1 aliphatic carbocycles. The van der Waals surface area contributed by atoms with E-state index in [1.54, 1.807) is 0 Å². The van der Waals surface area contributed by atoms with Crippen LogP contribution < -0.4 is 20.6 Å². The molecule has 0 unspecified atom stereocenters. The van der Waals surface area contributed by atoms with Crippen molar-refractivity contribution in [3.05, 3.63) is 126 Å². The third kappa shape index (κ3) is 2.52. The molecule has 4 heteroatoms. The Morgan fingerprint density at radius 2 is 1.44 bits per heavy atom. The highest BCUT2D eigenvalue weighted by Gasteiger charge is 2.49. The van der Waals surface area contributed by atoms with Gasteiger partial charge < -0.3 is 9.47 Å². The molecule has 0 N–H and O–H groups in total. The zero-order valence-electron chi connectivity index (χ0n) is 22.8. The maximum atomic E-state index is 2.58. The number of anilines is 3. The fraction of sp³-hybridized carbons (Fsp3) is 0.0811. The number of hydrogen-bond donors (Lipinski definition) is 0. The molecule has 192 valence electrons. The van der Waals surface area contributed by atoms with Gasteiger partial charge in [0.25, 0.3) is 6.71 Å². The molecule has 4 heterocycles. The summed E-state index contributed by atoms with van der Waals surface area (Å²) in [5.74, 6) is 0. The Labute approximate surface area is 243 Å². The van der Waals surface area contributed by atoms with E-state index in [4.69, 9.17) is 0 Å². The van der Waals surface area contributed by atoms with E-state index in [2.05, 4.69) is 139 Å². The molecule has 0 bridgehead atoms. The fourth-order valence-corrected chi connectivity index (χ4v) is 9.73. The number of thiophene rings is 1. The Kier molecular flexibility index (Phi) is 4.00. The number of benzene rings is 5. The molecule has 0 saturated heterocycles. The van der Waals surface area contributed by atoms with Crippen LogP contribution in [0.15, 0.2) is 115 Å². The molecule has 0 radical (unpaired) electrons. The maximum Gasteiger partial charge on any atom is 0.264 e. The Hall–Kier alpha value is -4.54. The Morgan fingerprint density at radius 3 is 2.34 bits per heavy atom. The number of hydrogen-bond acceptors (Lipinski definition) is 2. The Morgan fingerprint density at radius 1 is 0.683 bits per heavy atom. The largest absolute Gasteiger partial charge is 0.310 e. The SMILES string of the molecule is CC1(C)c2ccccc2-c2sc3c(c21)N(c1ccccc1)c1ccc2c4ccccc4n4c2c1B3c1ccccc1-4. The van der Waals surface area contributed by atoms with Gasteiger partial charge in [0.1, 0.15) is 0 Å². The summed E-state index contributed by atoms with van der Waals surface area (Å²) in [6.07, 6.45) is 0. The lowest BCUT2D eigenvalue weighted by Gasteiger charge is -2.40. The number of para-hydroxylation sites is 3. The molecule has 10 rings (SSSR count). The van der Waals surface area contributed by atoms with Crippen molar-refractivity contribution in [2.45, 2.75) is 19.3 Å². The van der Waals surface area contributed by atoms with Crippen molar-refractivity contribution >= 4 is 72.6 Å². The average Bonchev–Trinajstić information content (AvgIpc) is 3.64. The molecule has 0 fully saturated rings. The lowest BCUT2D eigenvalue weighted by Crippen LogP contribution is -2.59. The predicted molar refractivity (Wildman–Crippen MR) is 176 cm³/mol. The summed E-state index contributed by atoms with van der Waals surface area (Å²) < 4.78 is 4.00. The van der Waals surface area contributed by atoms with E-state index in [-0.39, 0.29) is 12.1 Å². The maximum absolute atomic E-state index is 2.58. The van der Waals surface area contributed by atoms with E-state index in [1.807, 2.05) is 11.3 Å². The van der Waals surface area contributed by atoms with Crippen LogP contribution in [0, 0.1) is 0 Å². The molecule has 0 spiro atoms. The second-order valence-electron chi connectivity index (χ2n) is 12.1. The highest BCUT2D eigenvalue weighted by Crippen LogP contribution is 2.57. The molecule has 0 atom stereocenters. The van der Waals surface area contributed by atoms with Gasteiger partial charge in [-0.3, -0.25) is 0 Å². The van der Waals surface area contributed by atoms with Gasteiger partial charge in [-0.1, -0.05) is 98.8 Å². The van der Waals surface area contributed by atoms with Crippen molar-refractivity contribution in [1.82, 2.24) is 4.57 Å². The van der Waals surface area contributed by atoms with E-state index in [0.29, 0.717) is 0 Å². The van der Waals surface area contributed by atoms with Crippen LogP contribution in [0.5, 0.6) is 0 Å². The van der Waals surface area contributed by atoms with E-state index in [9.17, 15) is 0 Å². The molecule has 0 saturated carbocycles. The first-order chi connectivity index (χ1) is 20.1. The van der Waals surface area contributed by atoms with Gasteiger partial charge in [0.15, 0.2) is 0 Å². The van der Waals surface area contributed by atoms with Gasteiger partial charge in [-0.25, -0.2) is 0 Å². The van der Waals surface area contributed by atoms with Gasteiger partial charge in [0.05, 0.1) is 16.7 Å². The highest BCUT2D eigenvalue weighted by atomic mass is 32.1. The fourth-order valence-electron chi connectivity index (χ4n) is 8.12. The first-order valence-electron chi connectivity index (χ1n) is 14.4. The van der Waals surface area contributed by atoms with E-state index in [1.165, 1.54) is 81.8 Å². The van der Waals surface area contributed by atoms with E-state index < -0.39 is 0 Å². The van der Waals surface area contributed by atoms with Gasteiger partial charge in [-0.2, -0.15) is 0 Å². The molecular formula is C37H25BN2S.